The predicted octanol–water partition coefficient (Wildman–Crippen LogP) is 2.07. The molecule has 0 aliphatic carbocycles. The van der Waals surface area contributed by atoms with Gasteiger partial charge in [0.2, 0.25) is 11.8 Å². The number of aromatic nitrogens is 1. The third-order valence-corrected chi connectivity index (χ3v) is 2.24. The average Bonchev–Trinajstić information content (AvgIpc) is 2.42. The summed E-state index contributed by atoms with van der Waals surface area (Å²) >= 11 is 0. The van der Waals surface area contributed by atoms with Crippen molar-refractivity contribution in [2.45, 2.75) is 26.1 Å². The van der Waals surface area contributed by atoms with Gasteiger partial charge in [-0.15, -0.1) is 0 Å². The van der Waals surface area contributed by atoms with Gasteiger partial charge in [-0.3, -0.25) is 4.79 Å². The Labute approximate surface area is 120 Å². The van der Waals surface area contributed by atoms with E-state index in [4.69, 9.17) is 4.74 Å². The van der Waals surface area contributed by atoms with Crippen LogP contribution in [0.4, 0.5) is 13.2 Å². The van der Waals surface area contributed by atoms with Gasteiger partial charge in [0.05, 0.1) is 6.61 Å². The van der Waals surface area contributed by atoms with Gasteiger partial charge in [-0.05, 0) is 18.1 Å². The third kappa shape index (κ3) is 8.13. The molecule has 0 unspecified atom stereocenters. The van der Waals surface area contributed by atoms with Crippen LogP contribution in [0.25, 0.3) is 0 Å². The van der Waals surface area contributed by atoms with Crippen molar-refractivity contribution in [3.05, 3.63) is 23.9 Å². The lowest BCUT2D eigenvalue weighted by molar-refractivity contribution is -0.175. The van der Waals surface area contributed by atoms with Crippen molar-refractivity contribution in [3.8, 4) is 5.88 Å². The quantitative estimate of drug-likeness (QED) is 0.798. The molecule has 0 saturated heterocycles. The second kappa shape index (κ2) is 8.46. The highest BCUT2D eigenvalue weighted by Crippen LogP contribution is 2.14. The van der Waals surface area contributed by atoms with Gasteiger partial charge < -0.3 is 14.8 Å². The highest BCUT2D eigenvalue weighted by Gasteiger charge is 2.27. The van der Waals surface area contributed by atoms with Gasteiger partial charge in [0.15, 0.2) is 0 Å². The highest BCUT2D eigenvalue weighted by atomic mass is 19.4. The Bertz CT molecular complexity index is 453. The van der Waals surface area contributed by atoms with Crippen LogP contribution in [0.3, 0.4) is 0 Å². The minimum Gasteiger partial charge on any atom is -0.478 e. The number of nitrogens with one attached hydrogen (secondary N) is 1. The van der Waals surface area contributed by atoms with Gasteiger partial charge in [-0.25, -0.2) is 4.98 Å². The summed E-state index contributed by atoms with van der Waals surface area (Å²) in [6, 6.07) is 3.34. The molecular formula is C13H17F3N2O3. The molecule has 1 heterocycles. The Balaban J connectivity index is 2.32. The lowest BCUT2D eigenvalue weighted by Gasteiger charge is -2.09. The average molecular weight is 306 g/mol. The van der Waals surface area contributed by atoms with Crippen LogP contribution >= 0.6 is 0 Å². The molecule has 1 rings (SSSR count). The van der Waals surface area contributed by atoms with Crippen molar-refractivity contribution in [1.29, 1.82) is 0 Å². The van der Waals surface area contributed by atoms with Crippen LogP contribution in [0, 0.1) is 0 Å². The summed E-state index contributed by atoms with van der Waals surface area (Å²) in [5.41, 5.74) is 0.736. The lowest BCUT2D eigenvalue weighted by Crippen LogP contribution is -2.29. The molecule has 8 heteroatoms. The van der Waals surface area contributed by atoms with Crippen LogP contribution in [-0.2, 0) is 16.1 Å². The molecule has 0 spiro atoms. The zero-order valence-corrected chi connectivity index (χ0v) is 11.6. The first-order valence-electron chi connectivity index (χ1n) is 6.39. The van der Waals surface area contributed by atoms with E-state index in [1.165, 1.54) is 6.20 Å². The van der Waals surface area contributed by atoms with Gasteiger partial charge in [-0.1, -0.05) is 6.92 Å². The molecular weight excluding hydrogens is 289 g/mol. The second-order valence-corrected chi connectivity index (χ2v) is 4.24. The Morgan fingerprint density at radius 1 is 1.43 bits per heavy atom. The van der Waals surface area contributed by atoms with E-state index in [9.17, 15) is 18.0 Å². The number of ether oxygens (including phenoxy) is 2. The predicted molar refractivity (Wildman–Crippen MR) is 68.7 cm³/mol. The smallest absolute Gasteiger partial charge is 0.411 e. The molecule has 21 heavy (non-hydrogen) atoms. The van der Waals surface area contributed by atoms with Crippen molar-refractivity contribution >= 4 is 5.91 Å². The van der Waals surface area contributed by atoms with Crippen LogP contribution in [0.2, 0.25) is 0 Å². The first-order chi connectivity index (χ1) is 9.90. The van der Waals surface area contributed by atoms with Crippen molar-refractivity contribution in [2.75, 3.05) is 19.8 Å². The second-order valence-electron chi connectivity index (χ2n) is 4.24. The molecule has 0 radical (unpaired) electrons. The SMILES string of the molecule is CCCOc1cc(CNC(=O)COCC(F)(F)F)ccn1. The number of nitrogens with zero attached hydrogens (tertiary/aromatic N) is 1. The Morgan fingerprint density at radius 2 is 2.19 bits per heavy atom. The summed E-state index contributed by atoms with van der Waals surface area (Å²) in [7, 11) is 0. The molecule has 0 bridgehead atoms. The number of halogens is 3. The van der Waals surface area contributed by atoms with E-state index >= 15 is 0 Å². The molecule has 0 atom stereocenters. The standard InChI is InChI=1S/C13H17F3N2O3/c1-2-5-21-12-6-10(3-4-17-12)7-18-11(19)8-20-9-13(14,15)16/h3-4,6H,2,5,7-9H2,1H3,(H,18,19). The van der Waals surface area contributed by atoms with E-state index in [0.29, 0.717) is 12.5 Å². The topological polar surface area (TPSA) is 60.5 Å². The summed E-state index contributed by atoms with van der Waals surface area (Å²) < 4.78 is 45.1. The fraction of sp³-hybridized carbons (Fsp3) is 0.538. The largest absolute Gasteiger partial charge is 0.478 e. The van der Waals surface area contributed by atoms with Crippen molar-refractivity contribution in [3.63, 3.8) is 0 Å². The maximum atomic E-state index is 11.8. The Kier molecular flexibility index (Phi) is 6.93. The molecule has 1 aromatic heterocycles. The fourth-order valence-electron chi connectivity index (χ4n) is 1.36. The van der Waals surface area contributed by atoms with Crippen LogP contribution in [0.1, 0.15) is 18.9 Å². The van der Waals surface area contributed by atoms with Gasteiger partial charge >= 0.3 is 6.18 Å². The number of carbonyl (C=O) groups excluding carboxylic acids is 1. The summed E-state index contributed by atoms with van der Waals surface area (Å²) in [6.45, 7) is 0.590. The zero-order valence-electron chi connectivity index (χ0n) is 11.6. The van der Waals surface area contributed by atoms with Gasteiger partial charge in [0.25, 0.3) is 0 Å². The number of carbonyl (C=O) groups is 1. The summed E-state index contributed by atoms with van der Waals surface area (Å²) in [6.07, 6.45) is -2.05. The molecule has 1 amide bonds. The molecule has 0 aromatic carbocycles. The van der Waals surface area contributed by atoms with Crippen molar-refractivity contribution in [2.24, 2.45) is 0 Å². The van der Waals surface area contributed by atoms with Crippen LogP contribution in [0.5, 0.6) is 5.88 Å². The fourth-order valence-corrected chi connectivity index (χ4v) is 1.36. The maximum absolute atomic E-state index is 11.8. The molecule has 0 fully saturated rings. The highest BCUT2D eigenvalue weighted by molar-refractivity contribution is 5.77. The van der Waals surface area contributed by atoms with Crippen LogP contribution < -0.4 is 10.1 Å². The number of pyridine rings is 1. The van der Waals surface area contributed by atoms with E-state index in [-0.39, 0.29) is 6.54 Å². The van der Waals surface area contributed by atoms with E-state index in [2.05, 4.69) is 15.0 Å². The maximum Gasteiger partial charge on any atom is 0.411 e. The van der Waals surface area contributed by atoms with Crippen molar-refractivity contribution in [1.82, 2.24) is 10.3 Å². The van der Waals surface area contributed by atoms with Gasteiger partial charge in [0.1, 0.15) is 13.2 Å². The number of amides is 1. The van der Waals surface area contributed by atoms with E-state index in [0.717, 1.165) is 12.0 Å². The van der Waals surface area contributed by atoms with Crippen molar-refractivity contribution < 1.29 is 27.4 Å². The number of rotatable bonds is 8. The normalized spacial score (nSPS) is 11.2. The molecule has 0 aliphatic heterocycles. The molecule has 118 valence electrons. The monoisotopic (exact) mass is 306 g/mol. The van der Waals surface area contributed by atoms with Crippen LogP contribution in [-0.4, -0.2) is 36.9 Å². The Hall–Kier alpha value is -1.83. The van der Waals surface area contributed by atoms with E-state index in [1.54, 1.807) is 12.1 Å². The van der Waals surface area contributed by atoms with E-state index in [1.807, 2.05) is 6.92 Å². The lowest BCUT2D eigenvalue weighted by atomic mass is 10.2. The molecule has 5 nitrogen and oxygen atoms in total. The zero-order chi connectivity index (χ0) is 15.7. The minimum absolute atomic E-state index is 0.166. The Morgan fingerprint density at radius 3 is 2.86 bits per heavy atom. The first-order valence-corrected chi connectivity index (χ1v) is 6.39. The summed E-state index contributed by atoms with van der Waals surface area (Å²) in [5.74, 6) is -0.177. The van der Waals surface area contributed by atoms with E-state index < -0.39 is 25.3 Å². The summed E-state index contributed by atoms with van der Waals surface area (Å²) in [4.78, 5) is 15.3. The number of hydrogen-bond acceptors (Lipinski definition) is 4. The number of alkyl halides is 3. The van der Waals surface area contributed by atoms with Crippen LogP contribution in [0.15, 0.2) is 18.3 Å². The molecule has 1 aromatic rings. The third-order valence-electron chi connectivity index (χ3n) is 2.24. The molecule has 1 N–H and O–H groups in total. The minimum atomic E-state index is -4.43. The molecule has 0 aliphatic rings. The van der Waals surface area contributed by atoms with Gasteiger partial charge in [0, 0.05) is 18.8 Å². The van der Waals surface area contributed by atoms with Gasteiger partial charge in [-0.2, -0.15) is 13.2 Å². The number of hydrogen-bond donors (Lipinski definition) is 1. The summed E-state index contributed by atoms with van der Waals surface area (Å²) in [5, 5.41) is 2.45. The first kappa shape index (κ1) is 17.2. The molecule has 0 saturated carbocycles.